The Morgan fingerprint density at radius 1 is 1.60 bits per heavy atom. The maximum atomic E-state index is 9.34. The van der Waals surface area contributed by atoms with Crippen LogP contribution < -0.4 is 0 Å². The van der Waals surface area contributed by atoms with Gasteiger partial charge in [0.15, 0.2) is 0 Å². The standard InChI is InChI=1S/C3H6OSi/c4-2-1-3-5/h1-3H,5H3. The van der Waals surface area contributed by atoms with Crippen molar-refractivity contribution in [2.75, 3.05) is 0 Å². The van der Waals surface area contributed by atoms with Crippen molar-refractivity contribution < 1.29 is 4.79 Å². The van der Waals surface area contributed by atoms with E-state index in [1.54, 1.807) is 0 Å². The monoisotopic (exact) mass is 86.0 g/mol. The second-order valence-electron chi connectivity index (χ2n) is 0.662. The maximum Gasteiger partial charge on any atom is 0.142 e. The van der Waals surface area contributed by atoms with Crippen molar-refractivity contribution >= 4 is 16.5 Å². The van der Waals surface area contributed by atoms with Crippen LogP contribution in [-0.4, -0.2) is 16.5 Å². The number of hydrogen-bond acceptors (Lipinski definition) is 1. The molecule has 0 aliphatic heterocycles. The normalized spacial score (nSPS) is 9.60. The molecule has 0 atom stereocenters. The summed E-state index contributed by atoms with van der Waals surface area (Å²) in [5.74, 6) is 0. The third-order valence-electron chi connectivity index (χ3n) is 0.271. The van der Waals surface area contributed by atoms with Crippen LogP contribution in [0, 0.1) is 0 Å². The molecule has 2 heteroatoms. The number of carbonyl (C=O) groups is 1. The maximum absolute atomic E-state index is 9.34. The lowest BCUT2D eigenvalue weighted by molar-refractivity contribution is -0.104. The van der Waals surface area contributed by atoms with Gasteiger partial charge in [-0.2, -0.15) is 0 Å². The van der Waals surface area contributed by atoms with Crippen LogP contribution >= 0.6 is 0 Å². The predicted octanol–water partition coefficient (Wildman–Crippen LogP) is -0.936. The molecule has 0 saturated heterocycles. The van der Waals surface area contributed by atoms with Crippen molar-refractivity contribution in [3.8, 4) is 0 Å². The fraction of sp³-hybridized carbons (Fsp3) is 0. The topological polar surface area (TPSA) is 17.1 Å². The van der Waals surface area contributed by atoms with Crippen molar-refractivity contribution in [3.63, 3.8) is 0 Å². The molecule has 0 saturated carbocycles. The van der Waals surface area contributed by atoms with Gasteiger partial charge in [-0.15, -0.1) is 5.70 Å². The molecule has 0 aromatic heterocycles. The first-order valence-corrected chi connectivity index (χ1v) is 2.63. The summed E-state index contributed by atoms with van der Waals surface area (Å²) in [6, 6.07) is 0. The lowest BCUT2D eigenvalue weighted by atomic mass is 10.7. The Balaban J connectivity index is 2.92. The van der Waals surface area contributed by atoms with E-state index in [0.717, 1.165) is 16.5 Å². The Morgan fingerprint density at radius 3 is 2.20 bits per heavy atom. The van der Waals surface area contributed by atoms with Crippen LogP contribution in [0.3, 0.4) is 0 Å². The Morgan fingerprint density at radius 2 is 2.20 bits per heavy atom. The molecule has 0 bridgehead atoms. The molecule has 0 amide bonds. The molecule has 0 fully saturated rings. The minimum Gasteiger partial charge on any atom is -0.299 e. The summed E-state index contributed by atoms with van der Waals surface area (Å²) in [5.41, 5.74) is 1.83. The Hall–Kier alpha value is -0.373. The molecule has 0 heterocycles. The highest BCUT2D eigenvalue weighted by atomic mass is 28.1. The van der Waals surface area contributed by atoms with Gasteiger partial charge in [0, 0.05) is 10.2 Å². The third-order valence-corrected chi connectivity index (χ3v) is 0.656. The largest absolute Gasteiger partial charge is 0.299 e. The molecule has 0 aliphatic carbocycles. The number of rotatable bonds is 1. The van der Waals surface area contributed by atoms with Crippen molar-refractivity contribution in [3.05, 3.63) is 11.8 Å². The average Bonchev–Trinajstić information content (AvgIpc) is 1.41. The van der Waals surface area contributed by atoms with Crippen molar-refractivity contribution in [2.24, 2.45) is 0 Å². The van der Waals surface area contributed by atoms with Gasteiger partial charge >= 0.3 is 0 Å². The zero-order chi connectivity index (χ0) is 4.12. The summed E-state index contributed by atoms with van der Waals surface area (Å²) < 4.78 is 0. The number of aldehydes is 1. The molecule has 0 N–H and O–H groups in total. The SMILES string of the molecule is O=CC=C[SiH3]. The van der Waals surface area contributed by atoms with Crippen LogP contribution in [0.4, 0.5) is 0 Å². The summed E-state index contributed by atoms with van der Waals surface area (Å²) in [6.07, 6.45) is 2.29. The fourth-order valence-corrected chi connectivity index (χ4v) is 0.236. The van der Waals surface area contributed by atoms with Gasteiger partial charge in [-0.05, 0) is 6.08 Å². The molecule has 0 unspecified atom stereocenters. The molecule has 1 nitrogen and oxygen atoms in total. The van der Waals surface area contributed by atoms with Gasteiger partial charge in [-0.25, -0.2) is 0 Å². The predicted molar refractivity (Wildman–Crippen MR) is 25.1 cm³/mol. The smallest absolute Gasteiger partial charge is 0.142 e. The van der Waals surface area contributed by atoms with Crippen molar-refractivity contribution in [1.82, 2.24) is 0 Å². The summed E-state index contributed by atoms with van der Waals surface area (Å²) in [7, 11) is 0.987. The zero-order valence-corrected chi connectivity index (χ0v) is 5.14. The molecule has 0 aromatic rings. The first-order valence-electron chi connectivity index (χ1n) is 1.48. The van der Waals surface area contributed by atoms with Crippen LogP contribution in [0.25, 0.3) is 0 Å². The number of carbonyl (C=O) groups excluding carboxylic acids is 1. The van der Waals surface area contributed by atoms with E-state index in [9.17, 15) is 4.79 Å². The Bertz CT molecular complexity index is 48.9. The van der Waals surface area contributed by atoms with Gasteiger partial charge < -0.3 is 0 Å². The van der Waals surface area contributed by atoms with Gasteiger partial charge in [0.25, 0.3) is 0 Å². The van der Waals surface area contributed by atoms with E-state index >= 15 is 0 Å². The fourth-order valence-electron chi connectivity index (χ4n) is 0.0786. The van der Waals surface area contributed by atoms with Crippen LogP contribution in [0.5, 0.6) is 0 Å². The highest BCUT2D eigenvalue weighted by Gasteiger charge is 1.48. The van der Waals surface area contributed by atoms with Crippen molar-refractivity contribution in [2.45, 2.75) is 0 Å². The molecule has 0 rings (SSSR count). The molecule has 0 aromatic carbocycles. The number of allylic oxidation sites excluding steroid dienone is 1. The molecule has 0 spiro atoms. The van der Waals surface area contributed by atoms with E-state index < -0.39 is 0 Å². The van der Waals surface area contributed by atoms with E-state index in [-0.39, 0.29) is 0 Å². The lowest BCUT2D eigenvalue weighted by Gasteiger charge is -1.51. The van der Waals surface area contributed by atoms with Gasteiger partial charge in [0.2, 0.25) is 0 Å². The first-order chi connectivity index (χ1) is 2.41. The van der Waals surface area contributed by atoms with Crippen molar-refractivity contribution in [1.29, 1.82) is 0 Å². The molecule has 28 valence electrons. The minimum absolute atomic E-state index is 0.785. The molecule has 5 heavy (non-hydrogen) atoms. The van der Waals surface area contributed by atoms with E-state index in [1.165, 1.54) is 6.08 Å². The summed E-state index contributed by atoms with van der Waals surface area (Å²) in [4.78, 5) is 9.34. The second-order valence-corrected chi connectivity index (χ2v) is 1.33. The molecular formula is C3H6OSi. The van der Waals surface area contributed by atoms with Gasteiger partial charge in [-0.3, -0.25) is 4.79 Å². The number of hydrogen-bond donors (Lipinski definition) is 0. The summed E-state index contributed by atoms with van der Waals surface area (Å²) in [5, 5.41) is 0. The lowest BCUT2D eigenvalue weighted by Crippen LogP contribution is -1.54. The van der Waals surface area contributed by atoms with Gasteiger partial charge in [0.1, 0.15) is 6.29 Å². The quantitative estimate of drug-likeness (QED) is 0.229. The van der Waals surface area contributed by atoms with Gasteiger partial charge in [-0.1, -0.05) is 0 Å². The summed E-state index contributed by atoms with van der Waals surface area (Å²) >= 11 is 0. The summed E-state index contributed by atoms with van der Waals surface area (Å²) in [6.45, 7) is 0. The highest BCUT2D eigenvalue weighted by Crippen LogP contribution is 1.48. The van der Waals surface area contributed by atoms with Crippen LogP contribution in [0.2, 0.25) is 0 Å². The first kappa shape index (κ1) is 4.63. The van der Waals surface area contributed by atoms with Crippen LogP contribution in [0.1, 0.15) is 0 Å². The van der Waals surface area contributed by atoms with Gasteiger partial charge in [0.05, 0.1) is 0 Å². The minimum atomic E-state index is 0.785. The van der Waals surface area contributed by atoms with E-state index in [1.807, 2.05) is 5.70 Å². The van der Waals surface area contributed by atoms with E-state index in [2.05, 4.69) is 0 Å². The average molecular weight is 86.2 g/mol. The van der Waals surface area contributed by atoms with Crippen LogP contribution in [-0.2, 0) is 4.79 Å². The second kappa shape index (κ2) is 3.63. The zero-order valence-electron chi connectivity index (χ0n) is 3.14. The Labute approximate surface area is 34.1 Å². The third kappa shape index (κ3) is 3.63. The Kier molecular flexibility index (Phi) is 3.36. The molecule has 0 radical (unpaired) electrons. The van der Waals surface area contributed by atoms with Crippen LogP contribution in [0.15, 0.2) is 11.8 Å². The highest BCUT2D eigenvalue weighted by molar-refractivity contribution is 6.18. The molecule has 0 aliphatic rings. The molecular weight excluding hydrogens is 80.1 g/mol. The van der Waals surface area contributed by atoms with E-state index in [0.29, 0.717) is 0 Å². The van der Waals surface area contributed by atoms with E-state index in [4.69, 9.17) is 0 Å².